The first-order valence-electron chi connectivity index (χ1n) is 8.53. The molecule has 2 heteroatoms. The van der Waals surface area contributed by atoms with Crippen LogP contribution in [0, 0.1) is 0 Å². The molecular formula is C16H28N2. The summed E-state index contributed by atoms with van der Waals surface area (Å²) in [6.45, 7) is 12.0. The Morgan fingerprint density at radius 3 is 2.28 bits per heavy atom. The second-order valence-corrected chi connectivity index (χ2v) is 6.34. The molecule has 1 saturated heterocycles. The predicted molar refractivity (Wildman–Crippen MR) is 80.0 cm³/mol. The van der Waals surface area contributed by atoms with Crippen LogP contribution in [0.2, 0.25) is 0 Å². The van der Waals surface area contributed by atoms with E-state index in [1.54, 1.807) is 0 Å². The zero-order valence-electron chi connectivity index (χ0n) is 14.9. The molecule has 1 fully saturated rings. The first-order valence-corrected chi connectivity index (χ1v) is 6.82. The summed E-state index contributed by atoms with van der Waals surface area (Å²) in [6, 6.07) is 9.04. The quantitative estimate of drug-likeness (QED) is 0.800. The van der Waals surface area contributed by atoms with Gasteiger partial charge in [-0.3, -0.25) is 4.90 Å². The highest BCUT2D eigenvalue weighted by molar-refractivity contribution is 5.27. The number of hydrogen-bond donors (Lipinski definition) is 0. The lowest BCUT2D eigenvalue weighted by Gasteiger charge is -2.32. The molecule has 2 nitrogen and oxygen atoms in total. The summed E-state index contributed by atoms with van der Waals surface area (Å²) < 4.78 is 17.4. The van der Waals surface area contributed by atoms with Gasteiger partial charge >= 0.3 is 0 Å². The molecule has 0 amide bonds. The lowest BCUT2D eigenvalue weighted by atomic mass is 9.87. The molecule has 0 aliphatic carbocycles. The Kier molecular flexibility index (Phi) is 3.31. The van der Waals surface area contributed by atoms with E-state index in [-0.39, 0.29) is 5.41 Å². The standard InChI is InChI=1S/C16H26N2.H2/c1-16(2,3)15-7-5-14(6-8-15)13-18-11-9-17(4)10-12-18;/h5-8H,9-13H2,1-4H3;1H/i4T;1+2T. The van der Waals surface area contributed by atoms with Gasteiger partial charge in [-0.15, -0.1) is 0 Å². The molecule has 1 heterocycles. The van der Waals surface area contributed by atoms with Crippen molar-refractivity contribution in [1.82, 2.24) is 9.80 Å². The van der Waals surface area contributed by atoms with Crippen molar-refractivity contribution >= 4 is 0 Å². The van der Waals surface area contributed by atoms with E-state index < -0.39 is 0 Å². The molecule has 0 radical (unpaired) electrons. The van der Waals surface area contributed by atoms with Crippen molar-refractivity contribution in [2.75, 3.05) is 33.2 Å². The molecule has 2 rings (SSSR count). The minimum atomic E-state index is 0.234. The van der Waals surface area contributed by atoms with E-state index in [2.05, 4.69) is 54.8 Å². The lowest BCUT2D eigenvalue weighted by molar-refractivity contribution is 0.148. The van der Waals surface area contributed by atoms with E-state index >= 15 is 0 Å². The highest BCUT2D eigenvalue weighted by atomic mass is 15.2. The monoisotopic (exact) mass is 254 g/mol. The van der Waals surface area contributed by atoms with Gasteiger partial charge in [-0.1, -0.05) is 45.0 Å². The maximum atomic E-state index is 7.37. The first kappa shape index (κ1) is 11.0. The van der Waals surface area contributed by atoms with Crippen LogP contribution in [0.3, 0.4) is 0 Å². The molecule has 102 valence electrons. The third-order valence-electron chi connectivity index (χ3n) is 3.69. The van der Waals surface area contributed by atoms with Gasteiger partial charge in [0.25, 0.3) is 0 Å². The SMILES string of the molecule is [3H]CN1CCN(Cc2ccc(C(C)(C)C)cc2)CC1.[3H][3H]. The van der Waals surface area contributed by atoms with E-state index in [4.69, 9.17) is 4.34 Å². The van der Waals surface area contributed by atoms with Crippen molar-refractivity contribution in [1.29, 1.82) is 0 Å². The van der Waals surface area contributed by atoms with Crippen molar-refractivity contribution in [3.05, 3.63) is 35.4 Å². The summed E-state index contributed by atoms with van der Waals surface area (Å²) in [4.78, 5) is 4.68. The molecule has 0 aromatic heterocycles. The fourth-order valence-corrected chi connectivity index (χ4v) is 2.32. The van der Waals surface area contributed by atoms with Crippen LogP contribution in [0.5, 0.6) is 0 Å². The Hall–Kier alpha value is -0.860. The molecule has 0 saturated carbocycles. The minimum Gasteiger partial charge on any atom is -0.304 e. The van der Waals surface area contributed by atoms with Crippen LogP contribution in [0.1, 0.15) is 36.2 Å². The van der Waals surface area contributed by atoms with Crippen molar-refractivity contribution in [3.8, 4) is 0 Å². The number of likely N-dealkylation sites (N-methyl/N-ethyl adjacent to an activating group) is 1. The van der Waals surface area contributed by atoms with Crippen LogP contribution in [0.4, 0.5) is 0 Å². The molecule has 0 bridgehead atoms. The first-order chi connectivity index (χ1) is 9.99. The van der Waals surface area contributed by atoms with Gasteiger partial charge < -0.3 is 4.90 Å². The number of benzene rings is 1. The second kappa shape index (κ2) is 5.41. The Morgan fingerprint density at radius 2 is 1.78 bits per heavy atom. The van der Waals surface area contributed by atoms with Gasteiger partial charge in [0, 0.05) is 37.1 Å². The summed E-state index contributed by atoms with van der Waals surface area (Å²) in [5, 5.41) is 0. The van der Waals surface area contributed by atoms with Crippen LogP contribution >= 0.6 is 0 Å². The zero-order valence-corrected chi connectivity index (χ0v) is 11.9. The third-order valence-corrected chi connectivity index (χ3v) is 3.69. The van der Waals surface area contributed by atoms with Gasteiger partial charge in [0.05, 0.1) is 0 Å². The Labute approximate surface area is 116 Å². The highest BCUT2D eigenvalue weighted by Crippen LogP contribution is 2.22. The fourth-order valence-electron chi connectivity index (χ4n) is 2.32. The summed E-state index contributed by atoms with van der Waals surface area (Å²) in [6.07, 6.45) is 0. The molecule has 1 aliphatic heterocycles. The van der Waals surface area contributed by atoms with Crippen molar-refractivity contribution in [2.45, 2.75) is 32.7 Å². The van der Waals surface area contributed by atoms with Gasteiger partial charge in [0.1, 0.15) is 0 Å². The molecule has 0 spiro atoms. The smallest absolute Gasteiger partial charge is 0.0394 e. The number of rotatable bonds is 2. The maximum absolute atomic E-state index is 7.37. The lowest BCUT2D eigenvalue weighted by Crippen LogP contribution is -2.43. The Balaban J connectivity index is 0.00000106. The molecular weight excluding hydrogens is 220 g/mol. The van der Waals surface area contributed by atoms with Crippen molar-refractivity contribution < 1.29 is 4.34 Å². The van der Waals surface area contributed by atoms with Gasteiger partial charge in [-0.2, -0.15) is 0 Å². The Morgan fingerprint density at radius 1 is 1.17 bits per heavy atom. The van der Waals surface area contributed by atoms with Crippen molar-refractivity contribution in [2.24, 2.45) is 0 Å². The van der Waals surface area contributed by atoms with E-state index in [0.717, 1.165) is 32.7 Å². The minimum absolute atomic E-state index is 0.234. The summed E-state index contributed by atoms with van der Waals surface area (Å²) in [5.74, 6) is 0. The average Bonchev–Trinajstić information content (AvgIpc) is 2.50. The molecule has 1 aliphatic rings. The fraction of sp³-hybridized carbons (Fsp3) is 0.625. The molecule has 1 aromatic rings. The summed E-state index contributed by atoms with van der Waals surface area (Å²) in [5.41, 5.74) is 3.03. The third kappa shape index (κ3) is 3.56. The molecule has 18 heavy (non-hydrogen) atoms. The van der Waals surface area contributed by atoms with Gasteiger partial charge in [-0.05, 0) is 23.6 Å². The number of piperazine rings is 1. The second-order valence-electron chi connectivity index (χ2n) is 6.34. The van der Waals surface area contributed by atoms with Gasteiger partial charge in [-0.25, -0.2) is 0 Å². The predicted octanol–water partition coefficient (Wildman–Crippen LogP) is 2.98. The summed E-state index contributed by atoms with van der Waals surface area (Å²) >= 11 is 0. The van der Waals surface area contributed by atoms with Crippen LogP contribution in [-0.2, 0) is 12.0 Å². The molecule has 0 unspecified atom stereocenters. The molecule has 0 N–H and O–H groups in total. The van der Waals surface area contributed by atoms with Crippen LogP contribution < -0.4 is 0 Å². The van der Waals surface area contributed by atoms with Crippen LogP contribution in [0.25, 0.3) is 0 Å². The topological polar surface area (TPSA) is 6.48 Å². The number of hydrogen-bond acceptors (Lipinski definition) is 2. The average molecular weight is 254 g/mol. The summed E-state index contributed by atoms with van der Waals surface area (Å²) in [7, 11) is 0.439. The largest absolute Gasteiger partial charge is 0.304 e. The van der Waals surface area contributed by atoms with Crippen LogP contribution in [0.15, 0.2) is 24.3 Å². The van der Waals surface area contributed by atoms with E-state index in [0.29, 0.717) is 7.02 Å². The van der Waals surface area contributed by atoms with Gasteiger partial charge in [0.2, 0.25) is 0 Å². The number of nitrogens with zero attached hydrogens (tertiary/aromatic N) is 2. The Bertz CT molecular complexity index is 393. The molecule has 1 aromatic carbocycles. The highest BCUT2D eigenvalue weighted by Gasteiger charge is 2.15. The van der Waals surface area contributed by atoms with E-state index in [9.17, 15) is 0 Å². The van der Waals surface area contributed by atoms with Crippen LogP contribution in [-0.4, -0.2) is 43.0 Å². The van der Waals surface area contributed by atoms with E-state index in [1.807, 2.05) is 0 Å². The van der Waals surface area contributed by atoms with Gasteiger partial charge in [0.15, 0.2) is 0 Å². The zero-order chi connectivity index (χ0) is 15.9. The van der Waals surface area contributed by atoms with E-state index in [1.165, 1.54) is 11.1 Å². The van der Waals surface area contributed by atoms with Crippen molar-refractivity contribution in [3.63, 3.8) is 0 Å². The maximum Gasteiger partial charge on any atom is 0.0394 e. The normalized spacial score (nSPS) is 20.3. The molecule has 0 atom stereocenters.